The van der Waals surface area contributed by atoms with Gasteiger partial charge in [0.05, 0.1) is 0 Å². The lowest BCUT2D eigenvalue weighted by molar-refractivity contribution is -0.428. The molecule has 0 unspecified atom stereocenters. The first-order valence-electron chi connectivity index (χ1n) is 3.34. The lowest BCUT2D eigenvalue weighted by atomic mass is 10.1. The highest BCUT2D eigenvalue weighted by atomic mass is 32.3. The van der Waals surface area contributed by atoms with Gasteiger partial charge in [0.1, 0.15) is 0 Å². The third-order valence-corrected chi connectivity index (χ3v) is 1.75. The van der Waals surface area contributed by atoms with Gasteiger partial charge in [0.25, 0.3) is 0 Å². The van der Waals surface area contributed by atoms with Crippen LogP contribution in [-0.2, 0) is 14.6 Å². The average molecular weight is 316 g/mol. The number of rotatable bonds is 4. The summed E-state index contributed by atoms with van der Waals surface area (Å²) in [4.78, 5) is 0. The van der Waals surface area contributed by atoms with Crippen molar-refractivity contribution in [2.24, 2.45) is 0 Å². The fraction of sp³-hybridized carbons (Fsp3) is 1.00. The topological polar surface area (TPSA) is 63.6 Å². The first-order chi connectivity index (χ1) is 7.46. The first-order valence-corrected chi connectivity index (χ1v) is 4.70. The fourth-order valence-electron chi connectivity index (χ4n) is 0.545. The van der Waals surface area contributed by atoms with Gasteiger partial charge in [-0.05, 0) is 0 Å². The van der Waals surface area contributed by atoms with Crippen molar-refractivity contribution in [2.75, 3.05) is 0 Å². The van der Waals surface area contributed by atoms with E-state index in [1.54, 1.807) is 0 Å². The second kappa shape index (κ2) is 4.12. The molecular weight excluding hydrogens is 315 g/mol. The summed E-state index contributed by atoms with van der Waals surface area (Å²) < 4.78 is 136. The summed E-state index contributed by atoms with van der Waals surface area (Å²) in [6, 6.07) is 0. The molecule has 0 bridgehead atoms. The van der Waals surface area contributed by atoms with Gasteiger partial charge in [-0.2, -0.15) is 52.1 Å². The molecule has 0 aliphatic heterocycles. The van der Waals surface area contributed by atoms with Gasteiger partial charge in [0.15, 0.2) is 0 Å². The van der Waals surface area contributed by atoms with Crippen molar-refractivity contribution in [3.63, 3.8) is 0 Å². The molecule has 14 heteroatoms. The Hall–Kier alpha value is -0.760. The van der Waals surface area contributed by atoms with Gasteiger partial charge in [0.2, 0.25) is 0 Å². The largest absolute Gasteiger partial charge is 0.460 e. The van der Waals surface area contributed by atoms with Gasteiger partial charge in [-0.3, -0.25) is 4.55 Å². The Bertz CT molecular complexity index is 409. The van der Waals surface area contributed by atoms with Crippen LogP contribution >= 0.6 is 0 Å². The van der Waals surface area contributed by atoms with Crippen molar-refractivity contribution in [1.82, 2.24) is 0 Å². The molecule has 0 amide bonds. The molecule has 0 atom stereocenters. The molecule has 0 aromatic rings. The van der Waals surface area contributed by atoms with E-state index in [1.807, 2.05) is 4.18 Å². The predicted octanol–water partition coefficient (Wildman–Crippen LogP) is 2.23. The minimum atomic E-state index is -7.30. The standard InChI is InChI=1S/C4HF9O4S/c5-1(6,3(9,10)11)2(7,8)4(12,13)17-18(14,15)16/h(H,14,15,16). The van der Waals surface area contributed by atoms with Crippen molar-refractivity contribution in [3.05, 3.63) is 0 Å². The second-order valence-corrected chi connectivity index (χ2v) is 3.70. The normalized spacial score (nSPS) is 15.9. The molecule has 0 aromatic carbocycles. The van der Waals surface area contributed by atoms with Crippen molar-refractivity contribution in [2.45, 2.75) is 24.1 Å². The van der Waals surface area contributed by atoms with E-state index in [-0.39, 0.29) is 0 Å². The average Bonchev–Trinajstić information content (AvgIpc) is 1.95. The molecule has 0 fully saturated rings. The molecule has 110 valence electrons. The zero-order valence-electron chi connectivity index (χ0n) is 7.48. The van der Waals surface area contributed by atoms with Crippen LogP contribution in [0.15, 0.2) is 0 Å². The summed E-state index contributed by atoms with van der Waals surface area (Å²) in [7, 11) is -6.40. The summed E-state index contributed by atoms with van der Waals surface area (Å²) in [5.41, 5.74) is 0. The number of hydrogen-bond donors (Lipinski definition) is 1. The molecule has 0 radical (unpaired) electrons. The van der Waals surface area contributed by atoms with Gasteiger partial charge in [-0.25, -0.2) is 0 Å². The zero-order valence-corrected chi connectivity index (χ0v) is 8.30. The van der Waals surface area contributed by atoms with Crippen molar-refractivity contribution >= 4 is 10.4 Å². The molecule has 0 aliphatic carbocycles. The van der Waals surface area contributed by atoms with Crippen LogP contribution < -0.4 is 0 Å². The van der Waals surface area contributed by atoms with E-state index in [4.69, 9.17) is 4.55 Å². The van der Waals surface area contributed by atoms with Crippen LogP contribution in [0, 0.1) is 0 Å². The van der Waals surface area contributed by atoms with Gasteiger partial charge in [0, 0.05) is 0 Å². The van der Waals surface area contributed by atoms with Gasteiger partial charge in [-0.15, -0.1) is 0 Å². The molecule has 18 heavy (non-hydrogen) atoms. The Morgan fingerprint density at radius 1 is 0.778 bits per heavy atom. The summed E-state index contributed by atoms with van der Waals surface area (Å²) >= 11 is 0. The fourth-order valence-corrected chi connectivity index (χ4v) is 0.915. The van der Waals surface area contributed by atoms with E-state index < -0.39 is 34.5 Å². The van der Waals surface area contributed by atoms with Crippen LogP contribution in [0.3, 0.4) is 0 Å². The SMILES string of the molecule is O=S(=O)(O)OC(F)(F)C(F)(F)C(F)(F)C(F)(F)F. The van der Waals surface area contributed by atoms with E-state index in [2.05, 4.69) is 0 Å². The molecule has 0 rings (SSSR count). The highest BCUT2D eigenvalue weighted by Gasteiger charge is 2.83. The lowest BCUT2D eigenvalue weighted by Gasteiger charge is -2.31. The third kappa shape index (κ3) is 2.97. The van der Waals surface area contributed by atoms with Crippen LogP contribution in [0.5, 0.6) is 0 Å². The van der Waals surface area contributed by atoms with Crippen LogP contribution in [-0.4, -0.2) is 37.1 Å². The maximum absolute atomic E-state index is 12.3. The third-order valence-electron chi connectivity index (χ3n) is 1.33. The lowest BCUT2D eigenvalue weighted by Crippen LogP contribution is -2.62. The Kier molecular flexibility index (Phi) is 3.95. The van der Waals surface area contributed by atoms with Gasteiger partial charge in [-0.1, -0.05) is 0 Å². The predicted molar refractivity (Wildman–Crippen MR) is 33.5 cm³/mol. The molecule has 0 aromatic heterocycles. The molecule has 0 spiro atoms. The molecular formula is C4HF9O4S. The van der Waals surface area contributed by atoms with Crippen LogP contribution in [0.2, 0.25) is 0 Å². The summed E-state index contributed by atoms with van der Waals surface area (Å²) in [6.45, 7) is 0. The summed E-state index contributed by atoms with van der Waals surface area (Å²) in [5, 5.41) is 0. The second-order valence-electron chi connectivity index (χ2n) is 2.67. The Morgan fingerprint density at radius 3 is 1.33 bits per heavy atom. The van der Waals surface area contributed by atoms with Crippen molar-refractivity contribution < 1.29 is 56.7 Å². The van der Waals surface area contributed by atoms with E-state index in [0.717, 1.165) is 0 Å². The van der Waals surface area contributed by atoms with E-state index >= 15 is 0 Å². The summed E-state index contributed by atoms with van der Waals surface area (Å²) in [5.74, 6) is -14.6. The van der Waals surface area contributed by atoms with Gasteiger partial charge < -0.3 is 0 Å². The Morgan fingerprint density at radius 2 is 1.11 bits per heavy atom. The number of hydrogen-bond acceptors (Lipinski definition) is 3. The maximum atomic E-state index is 12.3. The first kappa shape index (κ1) is 17.2. The van der Waals surface area contributed by atoms with Crippen LogP contribution in [0.1, 0.15) is 0 Å². The highest BCUT2D eigenvalue weighted by molar-refractivity contribution is 7.80. The Balaban J connectivity index is 5.64. The van der Waals surface area contributed by atoms with E-state index in [0.29, 0.717) is 0 Å². The molecule has 0 saturated heterocycles. The minimum absolute atomic E-state index is 1.84. The van der Waals surface area contributed by atoms with Crippen LogP contribution in [0.4, 0.5) is 39.5 Å². The smallest absolute Gasteiger partial charge is 0.263 e. The summed E-state index contributed by atoms with van der Waals surface area (Å²) in [6.07, 6.45) is -13.9. The molecule has 1 N–H and O–H groups in total. The minimum Gasteiger partial charge on any atom is -0.263 e. The Labute approximate surface area is 92.3 Å². The van der Waals surface area contributed by atoms with Crippen molar-refractivity contribution in [1.29, 1.82) is 0 Å². The number of alkyl halides is 9. The molecule has 0 heterocycles. The molecule has 0 saturated carbocycles. The molecule has 0 aliphatic rings. The monoisotopic (exact) mass is 316 g/mol. The highest BCUT2D eigenvalue weighted by Crippen LogP contribution is 2.53. The maximum Gasteiger partial charge on any atom is 0.460 e. The van der Waals surface area contributed by atoms with E-state index in [1.165, 1.54) is 0 Å². The van der Waals surface area contributed by atoms with Crippen molar-refractivity contribution in [3.8, 4) is 0 Å². The van der Waals surface area contributed by atoms with E-state index in [9.17, 15) is 47.9 Å². The van der Waals surface area contributed by atoms with Crippen LogP contribution in [0.25, 0.3) is 0 Å². The molecule has 4 nitrogen and oxygen atoms in total. The number of halogens is 9. The quantitative estimate of drug-likeness (QED) is 0.638. The van der Waals surface area contributed by atoms with Gasteiger partial charge >= 0.3 is 34.5 Å². The zero-order chi connectivity index (χ0) is 15.2.